The van der Waals surface area contributed by atoms with Crippen LogP contribution in [0.15, 0.2) is 79.0 Å². The van der Waals surface area contributed by atoms with Crippen molar-refractivity contribution in [2.75, 3.05) is 16.8 Å². The minimum atomic E-state index is -0.0380. The van der Waals surface area contributed by atoms with E-state index in [0.717, 1.165) is 16.5 Å². The zero-order valence-corrected chi connectivity index (χ0v) is 19.7. The van der Waals surface area contributed by atoms with Crippen molar-refractivity contribution in [1.29, 1.82) is 0 Å². The lowest BCUT2D eigenvalue weighted by molar-refractivity contribution is 0.566. The van der Waals surface area contributed by atoms with Crippen molar-refractivity contribution in [1.82, 2.24) is 10.3 Å². The van der Waals surface area contributed by atoms with Crippen LogP contribution in [-0.4, -0.2) is 22.7 Å². The second-order valence-electron chi connectivity index (χ2n) is 9.15. The maximum Gasteiger partial charge on any atom is 0.174 e. The predicted molar refractivity (Wildman–Crippen MR) is 137 cm³/mol. The van der Waals surface area contributed by atoms with E-state index in [1.165, 1.54) is 22.4 Å². The van der Waals surface area contributed by atoms with Crippen molar-refractivity contribution in [2.45, 2.75) is 38.4 Å². The Morgan fingerprint density at radius 2 is 1.75 bits per heavy atom. The van der Waals surface area contributed by atoms with Gasteiger partial charge >= 0.3 is 0 Å². The van der Waals surface area contributed by atoms with Crippen LogP contribution in [0.25, 0.3) is 5.57 Å². The molecule has 162 valence electrons. The van der Waals surface area contributed by atoms with E-state index in [1.54, 1.807) is 0 Å². The number of aromatic nitrogens is 1. The molecule has 0 unspecified atom stereocenters. The van der Waals surface area contributed by atoms with Gasteiger partial charge in [0, 0.05) is 30.2 Å². The Balaban J connectivity index is 1.66. The molecule has 1 N–H and O–H groups in total. The van der Waals surface area contributed by atoms with Gasteiger partial charge in [-0.05, 0) is 80.5 Å². The fraction of sp³-hybridized carbons (Fsp3) is 0.259. The van der Waals surface area contributed by atoms with Crippen LogP contribution in [0.5, 0.6) is 0 Å². The summed E-state index contributed by atoms with van der Waals surface area (Å²) in [5, 5.41) is 4.27. The number of hydrogen-bond acceptors (Lipinski definition) is 3. The Labute approximate surface area is 195 Å². The first-order valence-electron chi connectivity index (χ1n) is 11.0. The van der Waals surface area contributed by atoms with Crippen molar-refractivity contribution < 1.29 is 0 Å². The van der Waals surface area contributed by atoms with Gasteiger partial charge in [-0.3, -0.25) is 4.98 Å². The maximum atomic E-state index is 5.84. The number of pyridine rings is 1. The van der Waals surface area contributed by atoms with Gasteiger partial charge in [-0.15, -0.1) is 0 Å². The van der Waals surface area contributed by atoms with Crippen molar-refractivity contribution in [3.05, 3.63) is 95.8 Å². The highest BCUT2D eigenvalue weighted by Crippen LogP contribution is 2.44. The SMILES string of the molecule is CC1=CC(C)(C)N(C)c2ccc([C@H]3[C@@H](c4ccccn4)NC(=S)N3c3ccccc3)cc21. The summed E-state index contributed by atoms with van der Waals surface area (Å²) in [4.78, 5) is 9.24. The third kappa shape index (κ3) is 3.37. The number of benzene rings is 2. The summed E-state index contributed by atoms with van der Waals surface area (Å²) in [6, 6.07) is 23.2. The van der Waals surface area contributed by atoms with E-state index in [4.69, 9.17) is 12.2 Å². The Kier molecular flexibility index (Phi) is 5.01. The number of likely N-dealkylation sites (N-methyl/N-ethyl adjacent to an activating group) is 1. The highest BCUT2D eigenvalue weighted by Gasteiger charge is 2.41. The van der Waals surface area contributed by atoms with Crippen LogP contribution in [0.4, 0.5) is 11.4 Å². The molecule has 1 saturated heterocycles. The minimum Gasteiger partial charge on any atom is -0.366 e. The van der Waals surface area contributed by atoms with Gasteiger partial charge in [0.25, 0.3) is 0 Å². The molecule has 2 aromatic carbocycles. The molecule has 1 aromatic heterocycles. The Morgan fingerprint density at radius 3 is 2.47 bits per heavy atom. The molecule has 3 aromatic rings. The molecule has 5 heteroatoms. The molecule has 0 amide bonds. The molecule has 2 aliphatic heterocycles. The second kappa shape index (κ2) is 7.75. The number of para-hydroxylation sites is 1. The third-order valence-corrected chi connectivity index (χ3v) is 7.03. The molecule has 32 heavy (non-hydrogen) atoms. The van der Waals surface area contributed by atoms with Crippen LogP contribution < -0.4 is 15.1 Å². The molecule has 1 fully saturated rings. The summed E-state index contributed by atoms with van der Waals surface area (Å²) in [5.41, 5.74) is 7.11. The lowest BCUT2D eigenvalue weighted by Crippen LogP contribution is -2.42. The summed E-state index contributed by atoms with van der Waals surface area (Å²) in [7, 11) is 2.17. The number of fused-ring (bicyclic) bond motifs is 1. The zero-order chi connectivity index (χ0) is 22.5. The van der Waals surface area contributed by atoms with Crippen LogP contribution in [-0.2, 0) is 0 Å². The van der Waals surface area contributed by atoms with E-state index < -0.39 is 0 Å². The summed E-state index contributed by atoms with van der Waals surface area (Å²) >= 11 is 5.84. The summed E-state index contributed by atoms with van der Waals surface area (Å²) < 4.78 is 0. The first-order valence-corrected chi connectivity index (χ1v) is 11.4. The molecule has 0 spiro atoms. The highest BCUT2D eigenvalue weighted by molar-refractivity contribution is 7.80. The van der Waals surface area contributed by atoms with E-state index in [-0.39, 0.29) is 17.6 Å². The monoisotopic (exact) mass is 440 g/mol. The Bertz CT molecular complexity index is 1190. The molecule has 4 nitrogen and oxygen atoms in total. The average molecular weight is 441 g/mol. The lowest BCUT2D eigenvalue weighted by Gasteiger charge is -2.41. The van der Waals surface area contributed by atoms with Gasteiger partial charge in [0.05, 0.1) is 23.3 Å². The molecule has 0 radical (unpaired) electrons. The molecule has 5 rings (SSSR count). The van der Waals surface area contributed by atoms with Crippen LogP contribution in [0.2, 0.25) is 0 Å². The van der Waals surface area contributed by atoms with Crippen molar-refractivity contribution in [2.24, 2.45) is 0 Å². The van der Waals surface area contributed by atoms with Gasteiger partial charge in [0.1, 0.15) is 0 Å². The number of hydrogen-bond donors (Lipinski definition) is 1. The molecule has 2 atom stereocenters. The van der Waals surface area contributed by atoms with Crippen LogP contribution in [0, 0.1) is 0 Å². The van der Waals surface area contributed by atoms with E-state index in [2.05, 4.69) is 103 Å². The first-order chi connectivity index (χ1) is 15.4. The summed E-state index contributed by atoms with van der Waals surface area (Å²) in [6.07, 6.45) is 4.20. The van der Waals surface area contributed by atoms with E-state index in [9.17, 15) is 0 Å². The van der Waals surface area contributed by atoms with Crippen molar-refractivity contribution >= 4 is 34.3 Å². The Morgan fingerprint density at radius 1 is 1.00 bits per heavy atom. The predicted octanol–water partition coefficient (Wildman–Crippen LogP) is 5.89. The first kappa shape index (κ1) is 20.7. The third-order valence-electron chi connectivity index (χ3n) is 6.71. The average Bonchev–Trinajstić information content (AvgIpc) is 3.15. The van der Waals surface area contributed by atoms with Crippen LogP contribution in [0.1, 0.15) is 49.7 Å². The number of anilines is 2. The molecule has 3 heterocycles. The number of nitrogens with zero attached hydrogens (tertiary/aromatic N) is 3. The standard InChI is InChI=1S/C27H28N4S/c1-18-17-27(2,3)30(4)23-14-13-19(16-21(18)23)25-24(22-12-8-9-15-28-22)29-26(32)31(25)20-10-6-5-7-11-20/h5-17,24-25H,1-4H3,(H,29,32)/t24-,25+/m1/s1. The molecule has 0 aliphatic carbocycles. The molecular formula is C27H28N4S. The van der Waals surface area contributed by atoms with Crippen LogP contribution in [0.3, 0.4) is 0 Å². The lowest BCUT2D eigenvalue weighted by atomic mass is 9.86. The van der Waals surface area contributed by atoms with Gasteiger partial charge in [-0.1, -0.05) is 36.4 Å². The van der Waals surface area contributed by atoms with Gasteiger partial charge < -0.3 is 15.1 Å². The second-order valence-corrected chi connectivity index (χ2v) is 9.54. The van der Waals surface area contributed by atoms with Gasteiger partial charge in [0.15, 0.2) is 5.11 Å². The summed E-state index contributed by atoms with van der Waals surface area (Å²) in [5.74, 6) is 0. The largest absolute Gasteiger partial charge is 0.366 e. The van der Waals surface area contributed by atoms with Gasteiger partial charge in [-0.2, -0.15) is 0 Å². The highest BCUT2D eigenvalue weighted by atomic mass is 32.1. The molecule has 0 bridgehead atoms. The number of rotatable bonds is 3. The normalized spacial score (nSPS) is 21.8. The fourth-order valence-corrected chi connectivity index (χ4v) is 5.27. The van der Waals surface area contributed by atoms with Crippen molar-refractivity contribution in [3.63, 3.8) is 0 Å². The smallest absolute Gasteiger partial charge is 0.174 e. The quantitative estimate of drug-likeness (QED) is 0.513. The molecule has 0 saturated carbocycles. The number of thiocarbonyl (C=S) groups is 1. The van der Waals surface area contributed by atoms with E-state index in [0.29, 0.717) is 0 Å². The van der Waals surface area contributed by atoms with Gasteiger partial charge in [0.2, 0.25) is 0 Å². The number of allylic oxidation sites excluding steroid dienone is 1. The van der Waals surface area contributed by atoms with Crippen molar-refractivity contribution in [3.8, 4) is 0 Å². The van der Waals surface area contributed by atoms with Crippen LogP contribution >= 0.6 is 12.2 Å². The maximum absolute atomic E-state index is 5.84. The summed E-state index contributed by atoms with van der Waals surface area (Å²) in [6.45, 7) is 6.71. The topological polar surface area (TPSA) is 31.4 Å². The number of nitrogens with one attached hydrogen (secondary N) is 1. The Hall–Kier alpha value is -3.18. The van der Waals surface area contributed by atoms with E-state index >= 15 is 0 Å². The van der Waals surface area contributed by atoms with E-state index in [1.807, 2.05) is 24.4 Å². The molecule has 2 aliphatic rings. The van der Waals surface area contributed by atoms with Gasteiger partial charge in [-0.25, -0.2) is 0 Å². The zero-order valence-electron chi connectivity index (χ0n) is 18.9. The molecular weight excluding hydrogens is 412 g/mol. The minimum absolute atomic E-state index is 0.00172. The fourth-order valence-electron chi connectivity index (χ4n) is 4.92.